The van der Waals surface area contributed by atoms with Gasteiger partial charge in [0.1, 0.15) is 5.75 Å². The van der Waals surface area contributed by atoms with Gasteiger partial charge in [0.25, 0.3) is 0 Å². The molecule has 3 aromatic rings. The Kier molecular flexibility index (Phi) is 3.16. The number of carboxylic acid groups (broad SMARTS) is 1. The molecule has 1 heterocycles. The largest absolute Gasteiger partial charge is 0.507 e. The van der Waals surface area contributed by atoms with Gasteiger partial charge in [-0.05, 0) is 30.3 Å². The lowest BCUT2D eigenvalue weighted by Gasteiger charge is -2.03. The summed E-state index contributed by atoms with van der Waals surface area (Å²) < 4.78 is 1.69. The third-order valence-corrected chi connectivity index (χ3v) is 3.16. The lowest BCUT2D eigenvalue weighted by Crippen LogP contribution is -1.95. The lowest BCUT2D eigenvalue weighted by molar-refractivity contribution is 0.0696. The minimum Gasteiger partial charge on any atom is -0.507 e. The number of aromatic nitrogens is 2. The van der Waals surface area contributed by atoms with Crippen LogP contribution in [0.3, 0.4) is 0 Å². The number of hydrogen-bond acceptors (Lipinski definition) is 3. The van der Waals surface area contributed by atoms with Crippen LogP contribution >= 0.6 is 0 Å². The minimum absolute atomic E-state index is 0.0479. The Morgan fingerprint density at radius 2 is 1.86 bits per heavy atom. The molecule has 104 valence electrons. The fourth-order valence-corrected chi connectivity index (χ4v) is 2.09. The molecule has 21 heavy (non-hydrogen) atoms. The number of aromatic carboxylic acids is 1. The smallest absolute Gasteiger partial charge is 0.335 e. The van der Waals surface area contributed by atoms with E-state index in [0.29, 0.717) is 11.1 Å². The Balaban J connectivity index is 1.99. The van der Waals surface area contributed by atoms with Gasteiger partial charge < -0.3 is 10.2 Å². The highest BCUT2D eigenvalue weighted by molar-refractivity contribution is 5.89. The highest BCUT2D eigenvalue weighted by Gasteiger charge is 2.11. The van der Waals surface area contributed by atoms with Crippen LogP contribution in [-0.2, 0) is 0 Å². The van der Waals surface area contributed by atoms with Gasteiger partial charge in [-0.15, -0.1) is 0 Å². The fraction of sp³-hybridized carbons (Fsp3) is 0. The molecule has 0 radical (unpaired) electrons. The average molecular weight is 280 g/mol. The second-order valence-corrected chi connectivity index (χ2v) is 4.55. The number of phenols is 1. The summed E-state index contributed by atoms with van der Waals surface area (Å²) in [7, 11) is 0. The van der Waals surface area contributed by atoms with Crippen LogP contribution in [0.4, 0.5) is 0 Å². The third-order valence-electron chi connectivity index (χ3n) is 3.16. The van der Waals surface area contributed by atoms with Crippen LogP contribution in [-0.4, -0.2) is 26.0 Å². The summed E-state index contributed by atoms with van der Waals surface area (Å²) in [5.41, 5.74) is 2.22. The van der Waals surface area contributed by atoms with E-state index in [9.17, 15) is 9.90 Å². The molecular weight excluding hydrogens is 268 g/mol. The molecule has 0 aliphatic carbocycles. The number of carboxylic acids is 1. The van der Waals surface area contributed by atoms with E-state index in [1.54, 1.807) is 23.1 Å². The van der Waals surface area contributed by atoms with E-state index in [4.69, 9.17) is 5.11 Å². The maximum atomic E-state index is 10.9. The molecular formula is C16H12N2O3. The number of para-hydroxylation sites is 1. The molecule has 0 saturated heterocycles. The number of phenolic OH excluding ortho intramolecular Hbond substituents is 1. The molecule has 1 aromatic heterocycles. The van der Waals surface area contributed by atoms with Crippen molar-refractivity contribution in [3.05, 3.63) is 66.5 Å². The number of rotatable bonds is 3. The zero-order valence-corrected chi connectivity index (χ0v) is 11.0. The first-order valence-corrected chi connectivity index (χ1v) is 6.32. The molecule has 0 aliphatic rings. The summed E-state index contributed by atoms with van der Waals surface area (Å²) >= 11 is 0. The van der Waals surface area contributed by atoms with Crippen molar-refractivity contribution in [3.8, 4) is 22.6 Å². The van der Waals surface area contributed by atoms with Crippen molar-refractivity contribution in [3.63, 3.8) is 0 Å². The Bertz CT molecular complexity index is 794. The highest BCUT2D eigenvalue weighted by Crippen LogP contribution is 2.30. The van der Waals surface area contributed by atoms with Gasteiger partial charge in [-0.25, -0.2) is 9.48 Å². The van der Waals surface area contributed by atoms with Crippen molar-refractivity contribution < 1.29 is 15.0 Å². The molecule has 2 N–H and O–H groups in total. The van der Waals surface area contributed by atoms with Gasteiger partial charge in [0.15, 0.2) is 0 Å². The zero-order valence-electron chi connectivity index (χ0n) is 11.0. The fourth-order valence-electron chi connectivity index (χ4n) is 2.09. The molecule has 5 heteroatoms. The van der Waals surface area contributed by atoms with Gasteiger partial charge in [-0.3, -0.25) is 0 Å². The second-order valence-electron chi connectivity index (χ2n) is 4.55. The molecule has 0 spiro atoms. The maximum Gasteiger partial charge on any atom is 0.335 e. The van der Waals surface area contributed by atoms with E-state index in [1.165, 1.54) is 12.1 Å². The summed E-state index contributed by atoms with van der Waals surface area (Å²) in [6, 6.07) is 13.9. The Hall–Kier alpha value is -3.08. The summed E-state index contributed by atoms with van der Waals surface area (Å²) in [4.78, 5) is 10.9. The molecule has 5 nitrogen and oxygen atoms in total. The summed E-state index contributed by atoms with van der Waals surface area (Å²) in [6.45, 7) is 0. The van der Waals surface area contributed by atoms with Crippen LogP contribution < -0.4 is 0 Å². The van der Waals surface area contributed by atoms with Crippen molar-refractivity contribution in [1.82, 2.24) is 9.78 Å². The standard InChI is InChI=1S/C16H12N2O3/c19-15-8-11(16(20)21)6-7-14(15)12-9-17-18(10-12)13-4-2-1-3-5-13/h1-10,19H,(H,20,21). The van der Waals surface area contributed by atoms with E-state index < -0.39 is 5.97 Å². The molecule has 0 aliphatic heterocycles. The van der Waals surface area contributed by atoms with E-state index in [1.807, 2.05) is 30.3 Å². The van der Waals surface area contributed by atoms with Gasteiger partial charge in [0.2, 0.25) is 0 Å². The topological polar surface area (TPSA) is 75.3 Å². The van der Waals surface area contributed by atoms with Crippen LogP contribution in [0.5, 0.6) is 5.75 Å². The first-order chi connectivity index (χ1) is 10.1. The van der Waals surface area contributed by atoms with Crippen molar-refractivity contribution in [1.29, 1.82) is 0 Å². The number of hydrogen-bond donors (Lipinski definition) is 2. The molecule has 0 bridgehead atoms. The first-order valence-electron chi connectivity index (χ1n) is 6.32. The first kappa shape index (κ1) is 12.9. The predicted octanol–water partition coefficient (Wildman–Crippen LogP) is 2.94. The van der Waals surface area contributed by atoms with E-state index >= 15 is 0 Å². The summed E-state index contributed by atoms with van der Waals surface area (Å²) in [5, 5.41) is 23.1. The van der Waals surface area contributed by atoms with Crippen molar-refractivity contribution in [2.75, 3.05) is 0 Å². The van der Waals surface area contributed by atoms with Gasteiger partial charge in [0.05, 0.1) is 17.4 Å². The third kappa shape index (κ3) is 2.49. The zero-order chi connectivity index (χ0) is 14.8. The molecule has 0 unspecified atom stereocenters. The van der Waals surface area contributed by atoms with Crippen molar-refractivity contribution in [2.24, 2.45) is 0 Å². The number of carbonyl (C=O) groups is 1. The summed E-state index contributed by atoms with van der Waals surface area (Å²) in [6.07, 6.45) is 3.41. The Morgan fingerprint density at radius 1 is 1.10 bits per heavy atom. The van der Waals surface area contributed by atoms with Gasteiger partial charge in [-0.2, -0.15) is 5.10 Å². The number of nitrogens with zero attached hydrogens (tertiary/aromatic N) is 2. The molecule has 0 amide bonds. The van der Waals surface area contributed by atoms with Crippen LogP contribution in [0.15, 0.2) is 60.9 Å². The summed E-state index contributed by atoms with van der Waals surface area (Å²) in [5.74, 6) is -1.15. The number of benzene rings is 2. The van der Waals surface area contributed by atoms with Crippen LogP contribution in [0.2, 0.25) is 0 Å². The van der Waals surface area contributed by atoms with Gasteiger partial charge >= 0.3 is 5.97 Å². The second kappa shape index (κ2) is 5.13. The van der Waals surface area contributed by atoms with Gasteiger partial charge in [0, 0.05) is 17.3 Å². The van der Waals surface area contributed by atoms with Crippen molar-refractivity contribution in [2.45, 2.75) is 0 Å². The monoisotopic (exact) mass is 280 g/mol. The van der Waals surface area contributed by atoms with Gasteiger partial charge in [-0.1, -0.05) is 18.2 Å². The van der Waals surface area contributed by atoms with E-state index in [2.05, 4.69) is 5.10 Å². The minimum atomic E-state index is -1.07. The van der Waals surface area contributed by atoms with Crippen molar-refractivity contribution >= 4 is 5.97 Å². The molecule has 3 rings (SSSR count). The Labute approximate surface area is 120 Å². The molecule has 0 fully saturated rings. The predicted molar refractivity (Wildman–Crippen MR) is 77.6 cm³/mol. The number of aromatic hydroxyl groups is 1. The quantitative estimate of drug-likeness (QED) is 0.773. The highest BCUT2D eigenvalue weighted by atomic mass is 16.4. The average Bonchev–Trinajstić information content (AvgIpc) is 2.97. The molecule has 0 atom stereocenters. The lowest BCUT2D eigenvalue weighted by atomic mass is 10.1. The molecule has 2 aromatic carbocycles. The SMILES string of the molecule is O=C(O)c1ccc(-c2cnn(-c3ccccc3)c2)c(O)c1. The van der Waals surface area contributed by atoms with Crippen LogP contribution in [0.25, 0.3) is 16.8 Å². The maximum absolute atomic E-state index is 10.9. The Morgan fingerprint density at radius 3 is 2.52 bits per heavy atom. The van der Waals surface area contributed by atoms with Crippen LogP contribution in [0.1, 0.15) is 10.4 Å². The van der Waals surface area contributed by atoms with E-state index in [-0.39, 0.29) is 11.3 Å². The molecule has 0 saturated carbocycles. The van der Waals surface area contributed by atoms with Crippen LogP contribution in [0, 0.1) is 0 Å². The normalized spacial score (nSPS) is 10.5. The van der Waals surface area contributed by atoms with E-state index in [0.717, 1.165) is 5.69 Å².